The number of hydrogen-bond donors (Lipinski definition) is 0. The van der Waals surface area contributed by atoms with Crippen LogP contribution in [0.15, 0.2) is 82.4 Å². The van der Waals surface area contributed by atoms with E-state index in [9.17, 15) is 4.39 Å². The van der Waals surface area contributed by atoms with Crippen LogP contribution in [-0.4, -0.2) is 10.7 Å². The molecule has 0 saturated heterocycles. The fourth-order valence-electron chi connectivity index (χ4n) is 2.08. The third kappa shape index (κ3) is 3.28. The Morgan fingerprint density at radius 3 is 1.95 bits per heavy atom. The van der Waals surface area contributed by atoms with Crippen molar-refractivity contribution in [2.75, 3.05) is 0 Å². The molecule has 1 aromatic heterocycles. The second-order valence-electron chi connectivity index (χ2n) is 4.65. The lowest BCUT2D eigenvalue weighted by Crippen LogP contribution is -2.03. The number of pyridine rings is 1. The van der Waals surface area contributed by atoms with E-state index >= 15 is 0 Å². The van der Waals surface area contributed by atoms with Crippen LogP contribution in [0.4, 0.5) is 10.2 Å². The van der Waals surface area contributed by atoms with E-state index in [1.165, 1.54) is 12.3 Å². The minimum absolute atomic E-state index is 0.0749. The molecule has 22 heavy (non-hydrogen) atoms. The largest absolute Gasteiger partial charge is 0.233 e. The molecule has 0 N–H and O–H groups in total. The first-order valence-electron chi connectivity index (χ1n) is 6.74. The average Bonchev–Trinajstić information content (AvgIpc) is 2.56. The zero-order chi connectivity index (χ0) is 15.4. The van der Waals surface area contributed by atoms with Gasteiger partial charge in [0, 0.05) is 21.8 Å². The Morgan fingerprint density at radius 1 is 0.909 bits per heavy atom. The van der Waals surface area contributed by atoms with Crippen molar-refractivity contribution < 1.29 is 4.39 Å². The minimum atomic E-state index is -0.460. The second kappa shape index (κ2) is 6.62. The Hall–Kier alpha value is -2.33. The highest BCUT2D eigenvalue weighted by molar-refractivity contribution is 9.10. The summed E-state index contributed by atoms with van der Waals surface area (Å²) in [5.41, 5.74) is 2.52. The smallest absolute Gasteiger partial charge is 0.189 e. The van der Waals surface area contributed by atoms with Gasteiger partial charge in [0.2, 0.25) is 0 Å². The fourth-order valence-corrected chi connectivity index (χ4v) is 2.39. The lowest BCUT2D eigenvalue weighted by atomic mass is 10.0. The van der Waals surface area contributed by atoms with E-state index in [0.29, 0.717) is 10.2 Å². The van der Waals surface area contributed by atoms with Crippen LogP contribution < -0.4 is 0 Å². The number of aromatic nitrogens is 1. The Kier molecular flexibility index (Phi) is 4.39. The van der Waals surface area contributed by atoms with Crippen LogP contribution in [0.25, 0.3) is 0 Å². The first-order chi connectivity index (χ1) is 10.7. The van der Waals surface area contributed by atoms with Gasteiger partial charge in [-0.05, 0) is 22.0 Å². The minimum Gasteiger partial charge on any atom is -0.233 e. The Morgan fingerprint density at radius 2 is 1.45 bits per heavy atom. The van der Waals surface area contributed by atoms with Gasteiger partial charge in [-0.15, -0.1) is 0 Å². The lowest BCUT2D eigenvalue weighted by molar-refractivity contribution is 0.623. The van der Waals surface area contributed by atoms with E-state index in [2.05, 4.69) is 25.9 Å². The molecule has 2 nitrogen and oxygen atoms in total. The molecule has 0 unspecified atom stereocenters. The second-order valence-corrected chi connectivity index (χ2v) is 5.57. The zero-order valence-corrected chi connectivity index (χ0v) is 13.2. The fraction of sp³-hybridized carbons (Fsp3) is 0. The Bertz CT molecular complexity index is 760. The van der Waals surface area contributed by atoms with Crippen molar-refractivity contribution in [1.82, 2.24) is 4.98 Å². The van der Waals surface area contributed by atoms with Gasteiger partial charge in [0.05, 0.1) is 5.71 Å². The highest BCUT2D eigenvalue weighted by atomic mass is 79.9. The van der Waals surface area contributed by atoms with E-state index in [1.807, 2.05) is 60.7 Å². The van der Waals surface area contributed by atoms with Gasteiger partial charge in [-0.25, -0.2) is 14.4 Å². The maximum atomic E-state index is 14.0. The van der Waals surface area contributed by atoms with Crippen LogP contribution in [0.5, 0.6) is 0 Å². The van der Waals surface area contributed by atoms with Gasteiger partial charge < -0.3 is 0 Å². The molecule has 0 spiro atoms. The molecule has 3 aromatic rings. The molecule has 0 bridgehead atoms. The van der Waals surface area contributed by atoms with Crippen LogP contribution in [-0.2, 0) is 0 Å². The summed E-state index contributed by atoms with van der Waals surface area (Å²) in [4.78, 5) is 8.51. The Balaban J connectivity index is 2.15. The third-order valence-corrected chi connectivity index (χ3v) is 3.53. The summed E-state index contributed by atoms with van der Waals surface area (Å²) in [6.07, 6.45) is 1.54. The molecule has 108 valence electrons. The molecule has 0 fully saturated rings. The standard InChI is InChI=1S/C18H12BrFN2/c19-15-11-16(20)18(21-12-15)22-17(13-7-3-1-4-8-13)14-9-5-2-6-10-14/h1-12H. The highest BCUT2D eigenvalue weighted by Gasteiger charge is 2.10. The van der Waals surface area contributed by atoms with Gasteiger partial charge in [0.1, 0.15) is 0 Å². The first kappa shape index (κ1) is 14.6. The summed E-state index contributed by atoms with van der Waals surface area (Å²) < 4.78 is 14.6. The molecular weight excluding hydrogens is 343 g/mol. The van der Waals surface area contributed by atoms with Crippen molar-refractivity contribution in [2.24, 2.45) is 4.99 Å². The summed E-state index contributed by atoms with van der Waals surface area (Å²) in [7, 11) is 0. The average molecular weight is 355 g/mol. The number of halogens is 2. The summed E-state index contributed by atoms with van der Waals surface area (Å²) in [6.45, 7) is 0. The first-order valence-corrected chi connectivity index (χ1v) is 7.54. The molecule has 0 aliphatic carbocycles. The summed E-state index contributed by atoms with van der Waals surface area (Å²) >= 11 is 3.20. The highest BCUT2D eigenvalue weighted by Crippen LogP contribution is 2.21. The van der Waals surface area contributed by atoms with Crippen molar-refractivity contribution in [2.45, 2.75) is 0 Å². The molecule has 0 radical (unpaired) electrons. The zero-order valence-electron chi connectivity index (χ0n) is 11.6. The van der Waals surface area contributed by atoms with Crippen molar-refractivity contribution in [3.8, 4) is 0 Å². The molecule has 0 saturated carbocycles. The molecule has 0 amide bonds. The molecule has 0 atom stereocenters. The van der Waals surface area contributed by atoms with E-state index in [0.717, 1.165) is 11.1 Å². The quantitative estimate of drug-likeness (QED) is 0.597. The molecular formula is C18H12BrFN2. The van der Waals surface area contributed by atoms with Crippen LogP contribution >= 0.6 is 15.9 Å². The van der Waals surface area contributed by atoms with E-state index in [4.69, 9.17) is 0 Å². The number of benzene rings is 2. The van der Waals surface area contributed by atoms with Gasteiger partial charge in [-0.1, -0.05) is 60.7 Å². The van der Waals surface area contributed by atoms with Gasteiger partial charge in [-0.2, -0.15) is 0 Å². The molecule has 3 rings (SSSR count). The number of aliphatic imine (C=N–C) groups is 1. The van der Waals surface area contributed by atoms with Gasteiger partial charge in [0.15, 0.2) is 11.6 Å². The normalized spacial score (nSPS) is 10.3. The van der Waals surface area contributed by atoms with Crippen molar-refractivity contribution in [1.29, 1.82) is 0 Å². The predicted octanol–water partition coefficient (Wildman–Crippen LogP) is 5.15. The summed E-state index contributed by atoms with van der Waals surface area (Å²) in [5, 5.41) is 0. The predicted molar refractivity (Wildman–Crippen MR) is 90.1 cm³/mol. The van der Waals surface area contributed by atoms with Crippen LogP contribution in [0, 0.1) is 5.82 Å². The molecule has 1 heterocycles. The van der Waals surface area contributed by atoms with Gasteiger partial charge >= 0.3 is 0 Å². The van der Waals surface area contributed by atoms with Crippen LogP contribution in [0.3, 0.4) is 0 Å². The molecule has 2 aromatic carbocycles. The SMILES string of the molecule is Fc1cc(Br)cnc1N=C(c1ccccc1)c1ccccc1. The van der Waals surface area contributed by atoms with Gasteiger partial charge in [0.25, 0.3) is 0 Å². The molecule has 0 aliphatic heterocycles. The maximum absolute atomic E-state index is 14.0. The topological polar surface area (TPSA) is 25.2 Å². The summed E-state index contributed by atoms with van der Waals surface area (Å²) in [6, 6.07) is 20.7. The number of hydrogen-bond acceptors (Lipinski definition) is 2. The van der Waals surface area contributed by atoms with E-state index in [1.54, 1.807) is 0 Å². The van der Waals surface area contributed by atoms with E-state index < -0.39 is 5.82 Å². The van der Waals surface area contributed by atoms with Crippen LogP contribution in [0.1, 0.15) is 11.1 Å². The third-order valence-electron chi connectivity index (χ3n) is 3.10. The van der Waals surface area contributed by atoms with Crippen molar-refractivity contribution in [3.63, 3.8) is 0 Å². The maximum Gasteiger partial charge on any atom is 0.189 e. The summed E-state index contributed by atoms with van der Waals surface area (Å²) in [5.74, 6) is -0.385. The monoisotopic (exact) mass is 354 g/mol. The van der Waals surface area contributed by atoms with Crippen molar-refractivity contribution >= 4 is 27.5 Å². The number of rotatable bonds is 3. The number of nitrogens with zero attached hydrogens (tertiary/aromatic N) is 2. The molecule has 0 aliphatic rings. The van der Waals surface area contributed by atoms with E-state index in [-0.39, 0.29) is 5.82 Å². The van der Waals surface area contributed by atoms with Crippen LogP contribution in [0.2, 0.25) is 0 Å². The lowest BCUT2D eigenvalue weighted by Gasteiger charge is -2.07. The van der Waals surface area contributed by atoms with Gasteiger partial charge in [-0.3, -0.25) is 0 Å². The van der Waals surface area contributed by atoms with Crippen molar-refractivity contribution in [3.05, 3.63) is 94.3 Å². The molecule has 4 heteroatoms. The Labute approximate surface area is 136 Å².